The fourth-order valence-electron chi connectivity index (χ4n) is 4.54. The van der Waals surface area contributed by atoms with Crippen LogP contribution in [-0.2, 0) is 19.1 Å². The minimum absolute atomic E-state index is 0.188. The summed E-state index contributed by atoms with van der Waals surface area (Å²) in [6.45, 7) is 3.67. The van der Waals surface area contributed by atoms with Crippen molar-refractivity contribution >= 4 is 46.4 Å². The first-order chi connectivity index (χ1) is 20.4. The number of benzene rings is 2. The van der Waals surface area contributed by atoms with E-state index in [1.54, 1.807) is 42.7 Å². The number of fused-ring (bicyclic) bond motifs is 1. The van der Waals surface area contributed by atoms with Gasteiger partial charge in [0, 0.05) is 10.4 Å². The van der Waals surface area contributed by atoms with Crippen molar-refractivity contribution in [3.63, 3.8) is 0 Å². The standard InChI is InChI=1S/C31H28N2O7S2/c1-4-38-25(34)18-40-21-14-13-19(16-22(21)37-3)17-24-29(35)33-28(23-12-9-15-41-23)26(30(36)39-5-2)27(32-31(33)42-24)20-10-7-6-8-11-20/h6-17,28H,4-5,18H2,1-3H3/b24-17-/t28-/m1/s1. The Morgan fingerprint density at radius 2 is 1.79 bits per heavy atom. The Balaban J connectivity index is 1.64. The van der Waals surface area contributed by atoms with Crippen molar-refractivity contribution in [2.45, 2.75) is 19.9 Å². The molecule has 2 aromatic heterocycles. The molecule has 0 unspecified atom stereocenters. The van der Waals surface area contributed by atoms with E-state index in [-0.39, 0.29) is 25.4 Å². The molecule has 2 aromatic carbocycles. The summed E-state index contributed by atoms with van der Waals surface area (Å²) in [5.41, 5.74) is 1.94. The lowest BCUT2D eigenvalue weighted by Gasteiger charge is -2.24. The first-order valence-corrected chi connectivity index (χ1v) is 14.9. The predicted molar refractivity (Wildman–Crippen MR) is 161 cm³/mol. The van der Waals surface area contributed by atoms with Crippen molar-refractivity contribution < 1.29 is 28.5 Å². The van der Waals surface area contributed by atoms with Crippen LogP contribution in [0, 0.1) is 0 Å². The second kappa shape index (κ2) is 13.0. The SMILES string of the molecule is CCOC(=O)COc1ccc(/C=c2\sc3n(c2=O)[C@H](c2cccs2)C(C(=O)OCC)=C(c2ccccc2)N=3)cc1OC. The third-order valence-electron chi connectivity index (χ3n) is 6.32. The molecule has 11 heteroatoms. The van der Waals surface area contributed by atoms with Crippen molar-refractivity contribution in [1.82, 2.24) is 4.57 Å². The van der Waals surface area contributed by atoms with Crippen LogP contribution in [0.5, 0.6) is 11.5 Å². The van der Waals surface area contributed by atoms with Gasteiger partial charge in [-0.05, 0) is 49.1 Å². The van der Waals surface area contributed by atoms with Gasteiger partial charge >= 0.3 is 11.9 Å². The number of carbonyl (C=O) groups excluding carboxylic acids is 2. The Morgan fingerprint density at radius 3 is 2.48 bits per heavy atom. The molecule has 3 heterocycles. The predicted octanol–water partition coefficient (Wildman–Crippen LogP) is 3.95. The number of carbonyl (C=O) groups is 2. The van der Waals surface area contributed by atoms with E-state index in [0.29, 0.717) is 37.7 Å². The monoisotopic (exact) mass is 604 g/mol. The van der Waals surface area contributed by atoms with Gasteiger partial charge in [-0.3, -0.25) is 9.36 Å². The van der Waals surface area contributed by atoms with Gasteiger partial charge in [-0.1, -0.05) is 53.8 Å². The summed E-state index contributed by atoms with van der Waals surface area (Å²) in [6, 6.07) is 17.7. The molecular weight excluding hydrogens is 576 g/mol. The van der Waals surface area contributed by atoms with Crippen LogP contribution in [0.1, 0.15) is 35.9 Å². The number of thiazole rings is 1. The maximum absolute atomic E-state index is 14.0. The van der Waals surface area contributed by atoms with Crippen LogP contribution in [-0.4, -0.2) is 43.4 Å². The molecule has 0 radical (unpaired) electrons. The first-order valence-electron chi connectivity index (χ1n) is 13.2. The van der Waals surface area contributed by atoms with E-state index in [9.17, 15) is 14.4 Å². The molecule has 9 nitrogen and oxygen atoms in total. The number of nitrogens with zero attached hydrogens (tertiary/aromatic N) is 2. The molecule has 0 bridgehead atoms. The van der Waals surface area contributed by atoms with Crippen molar-refractivity contribution in [3.8, 4) is 11.5 Å². The molecule has 1 aliphatic heterocycles. The molecule has 0 spiro atoms. The Labute approximate surface area is 249 Å². The Morgan fingerprint density at radius 1 is 1.00 bits per heavy atom. The molecule has 0 saturated heterocycles. The summed E-state index contributed by atoms with van der Waals surface area (Å²) in [5.74, 6) is -0.236. The molecule has 216 valence electrons. The van der Waals surface area contributed by atoms with Crippen LogP contribution in [0.2, 0.25) is 0 Å². The molecule has 0 aliphatic carbocycles. The van der Waals surface area contributed by atoms with E-state index in [1.807, 2.05) is 47.8 Å². The minimum Gasteiger partial charge on any atom is -0.493 e. The summed E-state index contributed by atoms with van der Waals surface area (Å²) in [7, 11) is 1.49. The lowest BCUT2D eigenvalue weighted by Crippen LogP contribution is -2.39. The van der Waals surface area contributed by atoms with E-state index < -0.39 is 18.0 Å². The second-order valence-electron chi connectivity index (χ2n) is 8.95. The van der Waals surface area contributed by atoms with Gasteiger partial charge in [-0.2, -0.15) is 0 Å². The van der Waals surface area contributed by atoms with Crippen LogP contribution >= 0.6 is 22.7 Å². The highest BCUT2D eigenvalue weighted by atomic mass is 32.1. The molecular formula is C31H28N2O7S2. The average Bonchev–Trinajstić information content (AvgIpc) is 3.64. The van der Waals surface area contributed by atoms with Crippen molar-refractivity contribution in [1.29, 1.82) is 0 Å². The molecule has 4 aromatic rings. The topological polar surface area (TPSA) is 105 Å². The van der Waals surface area contributed by atoms with Crippen LogP contribution in [0.3, 0.4) is 0 Å². The number of rotatable bonds is 10. The van der Waals surface area contributed by atoms with Gasteiger partial charge in [0.15, 0.2) is 22.9 Å². The summed E-state index contributed by atoms with van der Waals surface area (Å²) < 4.78 is 23.4. The summed E-state index contributed by atoms with van der Waals surface area (Å²) >= 11 is 2.69. The lowest BCUT2D eigenvalue weighted by atomic mass is 9.97. The van der Waals surface area contributed by atoms with Crippen molar-refractivity contribution in [2.75, 3.05) is 26.9 Å². The normalized spacial score (nSPS) is 14.6. The summed E-state index contributed by atoms with van der Waals surface area (Å²) in [4.78, 5) is 45.2. The van der Waals surface area contributed by atoms with Gasteiger partial charge in [-0.25, -0.2) is 14.6 Å². The van der Waals surface area contributed by atoms with Crippen LogP contribution < -0.4 is 24.4 Å². The Kier molecular flexibility index (Phi) is 8.99. The number of esters is 2. The highest BCUT2D eigenvalue weighted by molar-refractivity contribution is 7.10. The minimum atomic E-state index is -0.703. The van der Waals surface area contributed by atoms with Gasteiger partial charge in [0.1, 0.15) is 6.04 Å². The third kappa shape index (κ3) is 5.93. The summed E-state index contributed by atoms with van der Waals surface area (Å²) in [6.07, 6.45) is 1.74. The van der Waals surface area contributed by atoms with Gasteiger partial charge < -0.3 is 18.9 Å². The van der Waals surface area contributed by atoms with Gasteiger partial charge in [-0.15, -0.1) is 11.3 Å². The third-order valence-corrected chi connectivity index (χ3v) is 8.23. The molecule has 1 aliphatic rings. The zero-order chi connectivity index (χ0) is 29.6. The fourth-order valence-corrected chi connectivity index (χ4v) is 6.36. The highest BCUT2D eigenvalue weighted by Crippen LogP contribution is 2.37. The number of thiophene rings is 1. The zero-order valence-electron chi connectivity index (χ0n) is 23.2. The number of methoxy groups -OCH3 is 1. The number of hydrogen-bond acceptors (Lipinski definition) is 10. The molecule has 0 N–H and O–H groups in total. The van der Waals surface area contributed by atoms with Gasteiger partial charge in [0.25, 0.3) is 5.56 Å². The van der Waals surface area contributed by atoms with Crippen LogP contribution in [0.25, 0.3) is 11.8 Å². The first kappa shape index (κ1) is 29.0. The van der Waals surface area contributed by atoms with Crippen molar-refractivity contribution in [2.24, 2.45) is 4.99 Å². The molecule has 0 amide bonds. The van der Waals surface area contributed by atoms with Gasteiger partial charge in [0.05, 0.1) is 36.1 Å². The zero-order valence-corrected chi connectivity index (χ0v) is 24.8. The summed E-state index contributed by atoms with van der Waals surface area (Å²) in [5, 5.41) is 1.91. The molecule has 0 fully saturated rings. The largest absolute Gasteiger partial charge is 0.493 e. The number of hydrogen-bond donors (Lipinski definition) is 0. The van der Waals surface area contributed by atoms with Crippen molar-refractivity contribution in [3.05, 3.63) is 107 Å². The highest BCUT2D eigenvalue weighted by Gasteiger charge is 2.35. The van der Waals surface area contributed by atoms with E-state index in [4.69, 9.17) is 23.9 Å². The van der Waals surface area contributed by atoms with Gasteiger partial charge in [0.2, 0.25) is 0 Å². The Bertz CT molecular complexity index is 1810. The fraction of sp³-hybridized carbons (Fsp3) is 0.226. The lowest BCUT2D eigenvalue weighted by molar-refractivity contribution is -0.145. The second-order valence-corrected chi connectivity index (χ2v) is 10.9. The maximum atomic E-state index is 14.0. The van der Waals surface area contributed by atoms with Crippen LogP contribution in [0.4, 0.5) is 0 Å². The molecule has 5 rings (SSSR count). The van der Waals surface area contributed by atoms with E-state index >= 15 is 0 Å². The molecule has 42 heavy (non-hydrogen) atoms. The molecule has 1 atom stereocenters. The van der Waals surface area contributed by atoms with Crippen LogP contribution in [0.15, 0.2) is 81.4 Å². The molecule has 0 saturated carbocycles. The van der Waals surface area contributed by atoms with E-state index in [2.05, 4.69) is 0 Å². The quantitative estimate of drug-likeness (QED) is 0.253. The van der Waals surface area contributed by atoms with E-state index in [0.717, 1.165) is 10.4 Å². The smallest absolute Gasteiger partial charge is 0.344 e. The maximum Gasteiger partial charge on any atom is 0.344 e. The number of ether oxygens (including phenoxy) is 4. The average molecular weight is 605 g/mol. The van der Waals surface area contributed by atoms with E-state index in [1.165, 1.54) is 29.8 Å². The Hall–Kier alpha value is -4.48. The number of aromatic nitrogens is 1.